The fourth-order valence-corrected chi connectivity index (χ4v) is 3.91. The fraction of sp³-hybridized carbons (Fsp3) is 0.316. The Bertz CT molecular complexity index is 842. The smallest absolute Gasteiger partial charge is 0.257 e. The number of benzene rings is 1. The first-order valence-electron chi connectivity index (χ1n) is 8.76. The molecule has 1 saturated heterocycles. The number of amides is 1. The van der Waals surface area contributed by atoms with Crippen molar-refractivity contribution in [2.24, 2.45) is 0 Å². The first kappa shape index (κ1) is 17.1. The number of hydrogen-bond acceptors (Lipinski definition) is 5. The van der Waals surface area contributed by atoms with Gasteiger partial charge >= 0.3 is 0 Å². The average molecular weight is 369 g/mol. The van der Waals surface area contributed by atoms with E-state index in [1.807, 2.05) is 41.6 Å². The number of carbonyl (C=O) groups is 1. The van der Waals surface area contributed by atoms with Crippen molar-refractivity contribution in [1.82, 2.24) is 14.9 Å². The number of piperazine rings is 1. The monoisotopic (exact) mass is 369 g/mol. The van der Waals surface area contributed by atoms with Crippen LogP contribution in [0.2, 0.25) is 0 Å². The Hall–Kier alpha value is -2.38. The van der Waals surface area contributed by atoms with Gasteiger partial charge in [-0.05, 0) is 24.3 Å². The van der Waals surface area contributed by atoms with Gasteiger partial charge in [0.1, 0.15) is 12.1 Å². The molecule has 0 unspecified atom stereocenters. The molecule has 0 bridgehead atoms. The number of thioether (sulfide) groups is 1. The molecule has 3 aromatic rings. The molecule has 26 heavy (non-hydrogen) atoms. The van der Waals surface area contributed by atoms with Crippen LogP contribution < -0.4 is 4.90 Å². The molecule has 4 rings (SSSR count). The molecule has 0 radical (unpaired) electrons. The highest BCUT2D eigenvalue weighted by atomic mass is 32.2. The van der Waals surface area contributed by atoms with Crippen LogP contribution in [0.4, 0.5) is 0 Å². The summed E-state index contributed by atoms with van der Waals surface area (Å²) in [6.07, 6.45) is 3.66. The third-order valence-corrected chi connectivity index (χ3v) is 5.43. The molecule has 134 valence electrons. The second kappa shape index (κ2) is 7.88. The molecule has 2 aromatic heterocycles. The molecular weight excluding hydrogens is 348 g/mol. The van der Waals surface area contributed by atoms with Crippen LogP contribution in [0.1, 0.15) is 5.56 Å². The van der Waals surface area contributed by atoms with E-state index < -0.39 is 0 Å². The zero-order chi connectivity index (χ0) is 17.8. The molecule has 7 heteroatoms. The average Bonchev–Trinajstić information content (AvgIpc) is 3.10. The summed E-state index contributed by atoms with van der Waals surface area (Å²) in [5.41, 5.74) is 2.88. The molecule has 1 fully saturated rings. The maximum Gasteiger partial charge on any atom is 0.257 e. The van der Waals surface area contributed by atoms with Crippen LogP contribution in [0.25, 0.3) is 11.1 Å². The minimum absolute atomic E-state index is 0.153. The number of pyridine rings is 1. The number of quaternary nitrogens is 1. The zero-order valence-electron chi connectivity index (χ0n) is 14.4. The maximum absolute atomic E-state index is 12.5. The van der Waals surface area contributed by atoms with Crippen LogP contribution in [0.3, 0.4) is 0 Å². The van der Waals surface area contributed by atoms with Gasteiger partial charge in [-0.25, -0.2) is 4.98 Å². The van der Waals surface area contributed by atoms with E-state index in [0.29, 0.717) is 11.0 Å². The quantitative estimate of drug-likeness (QED) is 0.686. The van der Waals surface area contributed by atoms with E-state index in [9.17, 15) is 4.79 Å². The van der Waals surface area contributed by atoms with Gasteiger partial charge in [0.05, 0.1) is 31.9 Å². The summed E-state index contributed by atoms with van der Waals surface area (Å²) < 4.78 is 5.66. The van der Waals surface area contributed by atoms with Gasteiger partial charge in [-0.1, -0.05) is 23.9 Å². The van der Waals surface area contributed by atoms with E-state index in [-0.39, 0.29) is 5.91 Å². The van der Waals surface area contributed by atoms with Gasteiger partial charge in [-0.3, -0.25) is 9.78 Å². The maximum atomic E-state index is 12.5. The second-order valence-corrected chi connectivity index (χ2v) is 7.33. The highest BCUT2D eigenvalue weighted by Gasteiger charge is 2.24. The Morgan fingerprint density at radius 3 is 2.69 bits per heavy atom. The Kier molecular flexibility index (Phi) is 5.17. The van der Waals surface area contributed by atoms with Crippen LogP contribution >= 0.6 is 11.8 Å². The summed E-state index contributed by atoms with van der Waals surface area (Å²) in [5.74, 6) is 0.521. The Morgan fingerprint density at radius 1 is 1.15 bits per heavy atom. The van der Waals surface area contributed by atoms with Crippen molar-refractivity contribution >= 4 is 28.8 Å². The molecule has 6 nitrogen and oxygen atoms in total. The van der Waals surface area contributed by atoms with Crippen LogP contribution in [0.5, 0.6) is 0 Å². The van der Waals surface area contributed by atoms with Crippen molar-refractivity contribution in [3.8, 4) is 0 Å². The van der Waals surface area contributed by atoms with Crippen molar-refractivity contribution in [1.29, 1.82) is 0 Å². The van der Waals surface area contributed by atoms with E-state index >= 15 is 0 Å². The molecule has 0 aliphatic carbocycles. The standard InChI is InChI=1S/C19H20N4O2S/c24-18(14-26-19-21-16-3-1-2-4-17(16)25-19)23-11-9-22(10-12-23)13-15-5-7-20-8-6-15/h1-8H,9-14H2/p+1. The van der Waals surface area contributed by atoms with Gasteiger partial charge in [-0.2, -0.15) is 0 Å². The van der Waals surface area contributed by atoms with Gasteiger partial charge < -0.3 is 14.2 Å². The van der Waals surface area contributed by atoms with Crippen molar-refractivity contribution in [3.63, 3.8) is 0 Å². The summed E-state index contributed by atoms with van der Waals surface area (Å²) in [6.45, 7) is 4.53. The number of carbonyl (C=O) groups excluding carboxylic acids is 1. The molecule has 1 N–H and O–H groups in total. The van der Waals surface area contributed by atoms with Crippen molar-refractivity contribution < 1.29 is 14.1 Å². The molecule has 3 heterocycles. The molecule has 0 atom stereocenters. The van der Waals surface area contributed by atoms with Gasteiger partial charge in [0, 0.05) is 18.0 Å². The third kappa shape index (κ3) is 4.05. The molecule has 0 saturated carbocycles. The van der Waals surface area contributed by atoms with Crippen molar-refractivity contribution in [3.05, 3.63) is 54.4 Å². The third-order valence-electron chi connectivity index (χ3n) is 4.62. The molecule has 0 spiro atoms. The predicted molar refractivity (Wildman–Crippen MR) is 100.0 cm³/mol. The molecule has 1 amide bonds. The summed E-state index contributed by atoms with van der Waals surface area (Å²) in [6, 6.07) is 11.8. The Morgan fingerprint density at radius 2 is 1.92 bits per heavy atom. The van der Waals surface area contributed by atoms with Gasteiger partial charge in [0.25, 0.3) is 5.22 Å². The topological polar surface area (TPSA) is 63.7 Å². The van der Waals surface area contributed by atoms with Crippen LogP contribution in [0.15, 0.2) is 58.4 Å². The lowest BCUT2D eigenvalue weighted by atomic mass is 10.2. The summed E-state index contributed by atoms with van der Waals surface area (Å²) >= 11 is 1.37. The summed E-state index contributed by atoms with van der Waals surface area (Å²) in [7, 11) is 0. The Labute approximate surface area is 156 Å². The molecule has 1 aliphatic heterocycles. The number of nitrogens with zero attached hydrogens (tertiary/aromatic N) is 3. The number of fused-ring (bicyclic) bond motifs is 1. The highest BCUT2D eigenvalue weighted by molar-refractivity contribution is 7.99. The predicted octanol–water partition coefficient (Wildman–Crippen LogP) is 1.24. The van der Waals surface area contributed by atoms with E-state index in [4.69, 9.17) is 4.42 Å². The number of aromatic nitrogens is 2. The van der Waals surface area contributed by atoms with Gasteiger partial charge in [-0.15, -0.1) is 0 Å². The van der Waals surface area contributed by atoms with Gasteiger partial charge in [0.2, 0.25) is 5.91 Å². The number of rotatable bonds is 5. The normalized spacial score (nSPS) is 15.5. The lowest BCUT2D eigenvalue weighted by molar-refractivity contribution is -0.917. The summed E-state index contributed by atoms with van der Waals surface area (Å²) in [5, 5.41) is 0.557. The summed E-state index contributed by atoms with van der Waals surface area (Å²) in [4.78, 5) is 24.4. The largest absolute Gasteiger partial charge is 0.431 e. The highest BCUT2D eigenvalue weighted by Crippen LogP contribution is 2.23. The molecule has 1 aliphatic rings. The van der Waals surface area contributed by atoms with Gasteiger partial charge in [0.15, 0.2) is 5.58 Å². The number of hydrogen-bond donors (Lipinski definition) is 1. The Balaban J connectivity index is 1.25. The van der Waals surface area contributed by atoms with E-state index in [0.717, 1.165) is 43.8 Å². The SMILES string of the molecule is O=C(CSc1nc2ccccc2o1)N1CC[NH+](Cc2ccncc2)CC1. The minimum Gasteiger partial charge on any atom is -0.431 e. The lowest BCUT2D eigenvalue weighted by Crippen LogP contribution is -3.13. The van der Waals surface area contributed by atoms with Crippen LogP contribution in [-0.4, -0.2) is 52.7 Å². The van der Waals surface area contributed by atoms with E-state index in [2.05, 4.69) is 22.1 Å². The van der Waals surface area contributed by atoms with Crippen molar-refractivity contribution in [2.75, 3.05) is 31.9 Å². The zero-order valence-corrected chi connectivity index (χ0v) is 15.2. The van der Waals surface area contributed by atoms with Crippen molar-refractivity contribution in [2.45, 2.75) is 11.8 Å². The van der Waals surface area contributed by atoms with Crippen LogP contribution in [-0.2, 0) is 11.3 Å². The number of nitrogens with one attached hydrogen (secondary N) is 1. The van der Waals surface area contributed by atoms with Crippen LogP contribution in [0, 0.1) is 0 Å². The lowest BCUT2D eigenvalue weighted by Gasteiger charge is -2.32. The van der Waals surface area contributed by atoms with E-state index in [1.165, 1.54) is 22.2 Å². The first-order chi connectivity index (χ1) is 12.8. The second-order valence-electron chi connectivity index (χ2n) is 6.40. The van der Waals surface area contributed by atoms with E-state index in [1.54, 1.807) is 0 Å². The minimum atomic E-state index is 0.153. The fourth-order valence-electron chi connectivity index (χ4n) is 3.17. The molecule has 1 aromatic carbocycles. The number of para-hydroxylation sites is 2. The first-order valence-corrected chi connectivity index (χ1v) is 9.75. The molecular formula is C19H21N4O2S+. The number of oxazole rings is 1.